The highest BCUT2D eigenvalue weighted by molar-refractivity contribution is 5.72. The number of fused-ring (bicyclic) bond motifs is 1. The average Bonchev–Trinajstić information content (AvgIpc) is 2.39. The van der Waals surface area contributed by atoms with Crippen LogP contribution in [0.1, 0.15) is 18.2 Å². The zero-order valence-corrected chi connectivity index (χ0v) is 11.7. The van der Waals surface area contributed by atoms with Crippen molar-refractivity contribution in [3.8, 4) is 0 Å². The van der Waals surface area contributed by atoms with E-state index in [-0.39, 0.29) is 5.56 Å². The van der Waals surface area contributed by atoms with E-state index in [0.717, 1.165) is 5.56 Å². The maximum atomic E-state index is 12.0. The lowest BCUT2D eigenvalue weighted by Gasteiger charge is -2.20. The molecule has 0 amide bonds. The van der Waals surface area contributed by atoms with Crippen LogP contribution in [0.2, 0.25) is 0 Å². The molecule has 0 saturated heterocycles. The van der Waals surface area contributed by atoms with Gasteiger partial charge in [-0.1, -0.05) is 6.07 Å². The first kappa shape index (κ1) is 14.2. The summed E-state index contributed by atoms with van der Waals surface area (Å²) in [6.07, 6.45) is 1.67. The molecule has 2 aromatic heterocycles. The van der Waals surface area contributed by atoms with Gasteiger partial charge in [0.2, 0.25) is 0 Å². The Morgan fingerprint density at radius 1 is 1.55 bits per heavy atom. The first-order valence-corrected chi connectivity index (χ1v) is 6.31. The van der Waals surface area contributed by atoms with Gasteiger partial charge in [-0.25, -0.2) is 4.98 Å². The first-order valence-electron chi connectivity index (χ1n) is 6.31. The van der Waals surface area contributed by atoms with Crippen molar-refractivity contribution in [1.29, 1.82) is 0 Å². The topological polar surface area (TPSA) is 74.9 Å². The normalized spacial score (nSPS) is 12.8. The first-order chi connectivity index (χ1) is 9.40. The van der Waals surface area contributed by atoms with Gasteiger partial charge in [0, 0.05) is 18.8 Å². The highest BCUT2D eigenvalue weighted by atomic mass is 16.4. The number of hydrogen-bond donors (Lipinski definition) is 1. The summed E-state index contributed by atoms with van der Waals surface area (Å²) in [6.45, 7) is 3.80. The summed E-state index contributed by atoms with van der Waals surface area (Å²) >= 11 is 0. The van der Waals surface area contributed by atoms with E-state index in [1.165, 1.54) is 10.5 Å². The molecule has 20 heavy (non-hydrogen) atoms. The zero-order valence-electron chi connectivity index (χ0n) is 11.7. The van der Waals surface area contributed by atoms with Crippen LogP contribution in [0.15, 0.2) is 29.2 Å². The largest absolute Gasteiger partial charge is 0.480 e. The third kappa shape index (κ3) is 2.70. The van der Waals surface area contributed by atoms with Crippen molar-refractivity contribution in [3.63, 3.8) is 0 Å². The number of hydrogen-bond acceptors (Lipinski definition) is 4. The molecule has 0 saturated carbocycles. The van der Waals surface area contributed by atoms with E-state index in [1.54, 1.807) is 31.1 Å². The van der Waals surface area contributed by atoms with E-state index in [9.17, 15) is 9.59 Å². The van der Waals surface area contributed by atoms with E-state index in [0.29, 0.717) is 17.9 Å². The second kappa shape index (κ2) is 5.42. The fraction of sp³-hybridized carbons (Fsp3) is 0.357. The van der Waals surface area contributed by atoms with Crippen molar-refractivity contribution in [2.45, 2.75) is 26.4 Å². The van der Waals surface area contributed by atoms with Crippen molar-refractivity contribution in [3.05, 3.63) is 46.0 Å². The lowest BCUT2D eigenvalue weighted by Crippen LogP contribution is -2.35. The molecule has 0 aromatic carbocycles. The summed E-state index contributed by atoms with van der Waals surface area (Å²) in [6, 6.07) is 4.49. The van der Waals surface area contributed by atoms with Gasteiger partial charge in [0.1, 0.15) is 11.7 Å². The molecule has 6 heteroatoms. The van der Waals surface area contributed by atoms with Crippen LogP contribution in [-0.4, -0.2) is 38.4 Å². The van der Waals surface area contributed by atoms with E-state index in [2.05, 4.69) is 4.98 Å². The Morgan fingerprint density at radius 2 is 2.25 bits per heavy atom. The maximum absolute atomic E-state index is 12.0. The van der Waals surface area contributed by atoms with Gasteiger partial charge in [0.05, 0.1) is 5.69 Å². The molecule has 2 aromatic rings. The summed E-state index contributed by atoms with van der Waals surface area (Å²) in [5.74, 6) is -0.902. The van der Waals surface area contributed by atoms with Gasteiger partial charge in [-0.3, -0.25) is 18.9 Å². The standard InChI is InChI=1S/C14H17N3O3/c1-9-5-4-6-17-12(18)7-11(15-13(9)17)8-16(3)10(2)14(19)20/h4-7,10H,8H2,1-3H3,(H,19,20). The predicted molar refractivity (Wildman–Crippen MR) is 74.8 cm³/mol. The second-order valence-electron chi connectivity index (χ2n) is 4.90. The summed E-state index contributed by atoms with van der Waals surface area (Å²) in [5, 5.41) is 8.97. The Labute approximate surface area is 116 Å². The maximum Gasteiger partial charge on any atom is 0.320 e. The quantitative estimate of drug-likeness (QED) is 0.897. The smallest absolute Gasteiger partial charge is 0.320 e. The van der Waals surface area contributed by atoms with Crippen LogP contribution < -0.4 is 5.56 Å². The fourth-order valence-electron chi connectivity index (χ4n) is 1.97. The summed E-state index contributed by atoms with van der Waals surface area (Å²) in [7, 11) is 1.69. The Bertz CT molecular complexity index is 708. The van der Waals surface area contributed by atoms with Crippen LogP contribution in [0.3, 0.4) is 0 Å². The SMILES string of the molecule is Cc1cccn2c(=O)cc(CN(C)C(C)C(=O)O)nc12. The van der Waals surface area contributed by atoms with E-state index < -0.39 is 12.0 Å². The number of carboxylic acids is 1. The molecule has 0 radical (unpaired) electrons. The third-order valence-electron chi connectivity index (χ3n) is 3.37. The van der Waals surface area contributed by atoms with Gasteiger partial charge < -0.3 is 5.11 Å². The number of aryl methyl sites for hydroxylation is 1. The number of aliphatic carboxylic acids is 1. The highest BCUT2D eigenvalue weighted by Crippen LogP contribution is 2.08. The van der Waals surface area contributed by atoms with Gasteiger partial charge in [0.15, 0.2) is 0 Å². The molecule has 2 rings (SSSR count). The Hall–Kier alpha value is -2.21. The molecule has 1 N–H and O–H groups in total. The molecule has 0 aliphatic carbocycles. The molecule has 0 aliphatic rings. The molecular weight excluding hydrogens is 258 g/mol. The van der Waals surface area contributed by atoms with Crippen LogP contribution in [0.25, 0.3) is 5.65 Å². The van der Waals surface area contributed by atoms with Crippen molar-refractivity contribution in [2.75, 3.05) is 7.05 Å². The van der Waals surface area contributed by atoms with E-state index in [1.807, 2.05) is 13.0 Å². The van der Waals surface area contributed by atoms with Crippen LogP contribution in [0.5, 0.6) is 0 Å². The summed E-state index contributed by atoms with van der Waals surface area (Å²) in [4.78, 5) is 29.0. The number of pyridine rings is 1. The van der Waals surface area contributed by atoms with Crippen LogP contribution in [0, 0.1) is 6.92 Å². The number of carbonyl (C=O) groups is 1. The number of carboxylic acid groups (broad SMARTS) is 1. The summed E-state index contributed by atoms with van der Waals surface area (Å²) < 4.78 is 1.49. The predicted octanol–water partition coefficient (Wildman–Crippen LogP) is 0.908. The Balaban J connectivity index is 2.39. The number of aromatic nitrogens is 2. The molecule has 2 heterocycles. The zero-order chi connectivity index (χ0) is 14.9. The second-order valence-corrected chi connectivity index (χ2v) is 4.90. The van der Waals surface area contributed by atoms with Gasteiger partial charge in [0.25, 0.3) is 5.56 Å². The van der Waals surface area contributed by atoms with Crippen LogP contribution in [-0.2, 0) is 11.3 Å². The van der Waals surface area contributed by atoms with Crippen molar-refractivity contribution in [2.24, 2.45) is 0 Å². The van der Waals surface area contributed by atoms with Crippen LogP contribution in [0.4, 0.5) is 0 Å². The van der Waals surface area contributed by atoms with Crippen molar-refractivity contribution in [1.82, 2.24) is 14.3 Å². The van der Waals surface area contributed by atoms with Crippen LogP contribution >= 0.6 is 0 Å². The highest BCUT2D eigenvalue weighted by Gasteiger charge is 2.17. The molecule has 0 bridgehead atoms. The third-order valence-corrected chi connectivity index (χ3v) is 3.37. The molecule has 0 aliphatic heterocycles. The lowest BCUT2D eigenvalue weighted by molar-refractivity contribution is -0.142. The minimum atomic E-state index is -0.902. The molecule has 0 fully saturated rings. The molecule has 1 atom stereocenters. The van der Waals surface area contributed by atoms with Gasteiger partial charge in [-0.15, -0.1) is 0 Å². The van der Waals surface area contributed by atoms with Crippen molar-refractivity contribution >= 4 is 11.6 Å². The Morgan fingerprint density at radius 3 is 2.90 bits per heavy atom. The fourth-order valence-corrected chi connectivity index (χ4v) is 1.97. The summed E-state index contributed by atoms with van der Waals surface area (Å²) in [5.41, 5.74) is 1.91. The Kier molecular flexibility index (Phi) is 3.85. The average molecular weight is 275 g/mol. The van der Waals surface area contributed by atoms with Gasteiger partial charge in [-0.2, -0.15) is 0 Å². The minimum Gasteiger partial charge on any atom is -0.480 e. The number of rotatable bonds is 4. The molecule has 106 valence electrons. The van der Waals surface area contributed by atoms with Gasteiger partial charge >= 0.3 is 5.97 Å². The molecule has 0 spiro atoms. The molecular formula is C14H17N3O3. The molecule has 6 nitrogen and oxygen atoms in total. The molecule has 1 unspecified atom stereocenters. The number of nitrogens with zero attached hydrogens (tertiary/aromatic N) is 3. The minimum absolute atomic E-state index is 0.162. The number of likely N-dealkylation sites (N-methyl/N-ethyl adjacent to an activating group) is 1. The lowest BCUT2D eigenvalue weighted by atomic mass is 10.2. The van der Waals surface area contributed by atoms with Crippen molar-refractivity contribution < 1.29 is 9.90 Å². The van der Waals surface area contributed by atoms with Gasteiger partial charge in [-0.05, 0) is 32.5 Å². The van der Waals surface area contributed by atoms with E-state index in [4.69, 9.17) is 5.11 Å². The van der Waals surface area contributed by atoms with E-state index >= 15 is 0 Å². The monoisotopic (exact) mass is 275 g/mol.